The van der Waals surface area contributed by atoms with E-state index >= 15 is 0 Å². The van der Waals surface area contributed by atoms with Gasteiger partial charge in [0, 0.05) is 38.2 Å². The van der Waals surface area contributed by atoms with Crippen LogP contribution in [0, 0.1) is 15.9 Å². The van der Waals surface area contributed by atoms with E-state index in [4.69, 9.17) is 0 Å². The minimum atomic E-state index is -0.579. The van der Waals surface area contributed by atoms with Crippen molar-refractivity contribution in [2.45, 2.75) is 19.3 Å². The summed E-state index contributed by atoms with van der Waals surface area (Å²) in [6, 6.07) is 3.22. The van der Waals surface area contributed by atoms with Crippen LogP contribution >= 0.6 is 0 Å². The Labute approximate surface area is 115 Å². The maximum absolute atomic E-state index is 13.1. The molecule has 6 nitrogen and oxygen atoms in total. The molecule has 1 aromatic carbocycles. The molecule has 1 heterocycles. The molecule has 1 aliphatic heterocycles. The summed E-state index contributed by atoms with van der Waals surface area (Å²) in [7, 11) is 0. The van der Waals surface area contributed by atoms with Crippen molar-refractivity contribution in [3.05, 3.63) is 34.1 Å². The molecule has 0 spiro atoms. The highest BCUT2D eigenvalue weighted by atomic mass is 19.1. The highest BCUT2D eigenvalue weighted by molar-refractivity contribution is 5.77. The highest BCUT2D eigenvalue weighted by Gasteiger charge is 2.18. The molecule has 1 amide bonds. The third-order valence-corrected chi connectivity index (χ3v) is 3.27. The molecule has 1 N–H and O–H groups in total. The Bertz CT molecular complexity index is 516. The zero-order chi connectivity index (χ0) is 14.5. The number of nitrogens with one attached hydrogen (secondary N) is 1. The van der Waals surface area contributed by atoms with Gasteiger partial charge >= 0.3 is 0 Å². The van der Waals surface area contributed by atoms with Crippen molar-refractivity contribution >= 4 is 17.3 Å². The van der Waals surface area contributed by atoms with Crippen LogP contribution in [0.5, 0.6) is 0 Å². The second kappa shape index (κ2) is 6.31. The Morgan fingerprint density at radius 2 is 2.10 bits per heavy atom. The van der Waals surface area contributed by atoms with E-state index in [0.29, 0.717) is 0 Å². The molecule has 1 saturated heterocycles. The predicted molar refractivity (Wildman–Crippen MR) is 72.0 cm³/mol. The van der Waals surface area contributed by atoms with Crippen LogP contribution in [0.15, 0.2) is 18.2 Å². The van der Waals surface area contributed by atoms with Gasteiger partial charge in [0.1, 0.15) is 11.5 Å². The first kappa shape index (κ1) is 14.2. The molecule has 0 bridgehead atoms. The van der Waals surface area contributed by atoms with Crippen molar-refractivity contribution in [3.8, 4) is 0 Å². The molecule has 0 saturated carbocycles. The number of benzene rings is 1. The maximum atomic E-state index is 13.1. The smallest absolute Gasteiger partial charge is 0.292 e. The fraction of sp³-hybridized carbons (Fsp3) is 0.462. The number of halogens is 1. The third-order valence-electron chi connectivity index (χ3n) is 3.27. The molecule has 1 aromatic rings. The SMILES string of the molecule is O=C(CCNc1cc(F)ccc1[N+](=O)[O-])N1CCCC1. The van der Waals surface area contributed by atoms with Gasteiger partial charge < -0.3 is 10.2 Å². The van der Waals surface area contributed by atoms with E-state index in [2.05, 4.69) is 5.32 Å². The van der Waals surface area contributed by atoms with E-state index in [1.807, 2.05) is 0 Å². The molecule has 0 aliphatic carbocycles. The fourth-order valence-corrected chi connectivity index (χ4v) is 2.24. The lowest BCUT2D eigenvalue weighted by atomic mass is 10.2. The largest absolute Gasteiger partial charge is 0.379 e. The summed E-state index contributed by atoms with van der Waals surface area (Å²) in [5, 5.41) is 13.6. The van der Waals surface area contributed by atoms with Gasteiger partial charge in [0.05, 0.1) is 4.92 Å². The Kier molecular flexibility index (Phi) is 4.49. The lowest BCUT2D eigenvalue weighted by Gasteiger charge is -2.15. The molecule has 1 aliphatic rings. The first-order valence-corrected chi connectivity index (χ1v) is 6.53. The number of anilines is 1. The average Bonchev–Trinajstić information content (AvgIpc) is 2.92. The van der Waals surface area contributed by atoms with Crippen LogP contribution in [-0.2, 0) is 4.79 Å². The molecule has 108 valence electrons. The topological polar surface area (TPSA) is 75.5 Å². The van der Waals surface area contributed by atoms with Gasteiger partial charge in [-0.3, -0.25) is 14.9 Å². The Morgan fingerprint density at radius 3 is 2.75 bits per heavy atom. The maximum Gasteiger partial charge on any atom is 0.292 e. The number of likely N-dealkylation sites (tertiary alicyclic amines) is 1. The van der Waals surface area contributed by atoms with Gasteiger partial charge in [0.15, 0.2) is 0 Å². The van der Waals surface area contributed by atoms with Crippen molar-refractivity contribution in [3.63, 3.8) is 0 Å². The normalized spacial score (nSPS) is 14.3. The minimum Gasteiger partial charge on any atom is -0.379 e. The van der Waals surface area contributed by atoms with Gasteiger partial charge in [-0.05, 0) is 18.9 Å². The average molecular weight is 281 g/mol. The molecule has 2 rings (SSSR count). The second-order valence-corrected chi connectivity index (χ2v) is 4.68. The number of carbonyl (C=O) groups is 1. The predicted octanol–water partition coefficient (Wildman–Crippen LogP) is 2.16. The van der Waals surface area contributed by atoms with Crippen molar-refractivity contribution in [1.82, 2.24) is 4.90 Å². The van der Waals surface area contributed by atoms with Gasteiger partial charge in [-0.25, -0.2) is 4.39 Å². The molecule has 0 radical (unpaired) electrons. The number of carbonyl (C=O) groups excluding carboxylic acids is 1. The van der Waals surface area contributed by atoms with E-state index in [9.17, 15) is 19.3 Å². The zero-order valence-corrected chi connectivity index (χ0v) is 11.0. The number of amides is 1. The van der Waals surface area contributed by atoms with Gasteiger partial charge in [-0.2, -0.15) is 0 Å². The van der Waals surface area contributed by atoms with Crippen molar-refractivity contribution in [2.24, 2.45) is 0 Å². The minimum absolute atomic E-state index is 0.0223. The molecule has 1 fully saturated rings. The van der Waals surface area contributed by atoms with Crippen LogP contribution in [0.2, 0.25) is 0 Å². The van der Waals surface area contributed by atoms with Gasteiger partial charge in [-0.1, -0.05) is 0 Å². The molecule has 0 aromatic heterocycles. The summed E-state index contributed by atoms with van der Waals surface area (Å²) in [6.45, 7) is 1.80. The highest BCUT2D eigenvalue weighted by Crippen LogP contribution is 2.24. The van der Waals surface area contributed by atoms with E-state index in [1.165, 1.54) is 0 Å². The molecule has 0 atom stereocenters. The number of nitro groups is 1. The number of hydrogen-bond acceptors (Lipinski definition) is 4. The summed E-state index contributed by atoms with van der Waals surface area (Å²) < 4.78 is 13.1. The summed E-state index contributed by atoms with van der Waals surface area (Å²) in [4.78, 5) is 23.8. The quantitative estimate of drug-likeness (QED) is 0.663. The Balaban J connectivity index is 1.91. The molecule has 0 unspecified atom stereocenters. The number of nitrogens with zero attached hydrogens (tertiary/aromatic N) is 2. The van der Waals surface area contributed by atoms with Crippen LogP contribution in [-0.4, -0.2) is 35.4 Å². The Morgan fingerprint density at radius 1 is 1.40 bits per heavy atom. The summed E-state index contributed by atoms with van der Waals surface area (Å²) in [6.07, 6.45) is 2.29. The lowest BCUT2D eigenvalue weighted by Crippen LogP contribution is -2.29. The lowest BCUT2D eigenvalue weighted by molar-refractivity contribution is -0.384. The van der Waals surface area contributed by atoms with Crippen LogP contribution in [0.25, 0.3) is 0 Å². The second-order valence-electron chi connectivity index (χ2n) is 4.68. The molecule has 20 heavy (non-hydrogen) atoms. The van der Waals surface area contributed by atoms with Gasteiger partial charge in [0.25, 0.3) is 5.69 Å². The van der Waals surface area contributed by atoms with Crippen molar-refractivity contribution in [1.29, 1.82) is 0 Å². The monoisotopic (exact) mass is 281 g/mol. The summed E-state index contributed by atoms with van der Waals surface area (Å²) in [5.41, 5.74) is -0.0933. The van der Waals surface area contributed by atoms with E-state index in [1.54, 1.807) is 4.90 Å². The first-order chi connectivity index (χ1) is 9.58. The number of nitro benzene ring substituents is 1. The van der Waals surface area contributed by atoms with Crippen molar-refractivity contribution < 1.29 is 14.1 Å². The standard InChI is InChI=1S/C13H16FN3O3/c14-10-3-4-12(17(19)20)11(9-10)15-6-5-13(18)16-7-1-2-8-16/h3-4,9,15H,1-2,5-8H2. The fourth-order valence-electron chi connectivity index (χ4n) is 2.24. The molecular formula is C13H16FN3O3. The van der Waals surface area contributed by atoms with Crippen molar-refractivity contribution in [2.75, 3.05) is 25.0 Å². The Hall–Kier alpha value is -2.18. The van der Waals surface area contributed by atoms with E-state index in [-0.39, 0.29) is 30.2 Å². The van der Waals surface area contributed by atoms with Crippen LogP contribution < -0.4 is 5.32 Å². The first-order valence-electron chi connectivity index (χ1n) is 6.53. The molecule has 7 heteroatoms. The summed E-state index contributed by atoms with van der Waals surface area (Å²) in [5.74, 6) is -0.530. The number of rotatable bonds is 5. The van der Waals surface area contributed by atoms with Crippen LogP contribution in [0.4, 0.5) is 15.8 Å². The van der Waals surface area contributed by atoms with Crippen LogP contribution in [0.1, 0.15) is 19.3 Å². The third kappa shape index (κ3) is 3.43. The van der Waals surface area contributed by atoms with E-state index < -0.39 is 10.7 Å². The zero-order valence-electron chi connectivity index (χ0n) is 11.0. The summed E-state index contributed by atoms with van der Waals surface area (Å²) >= 11 is 0. The molecular weight excluding hydrogens is 265 g/mol. The van der Waals surface area contributed by atoms with Gasteiger partial charge in [0.2, 0.25) is 5.91 Å². The number of hydrogen-bond donors (Lipinski definition) is 1. The van der Waals surface area contributed by atoms with Gasteiger partial charge in [-0.15, -0.1) is 0 Å². The van der Waals surface area contributed by atoms with Crippen LogP contribution in [0.3, 0.4) is 0 Å². The van der Waals surface area contributed by atoms with E-state index in [0.717, 1.165) is 44.1 Å².